The molecule has 1 saturated heterocycles. The van der Waals surface area contributed by atoms with Gasteiger partial charge in [-0.1, -0.05) is 6.07 Å². The van der Waals surface area contributed by atoms with E-state index in [9.17, 15) is 13.2 Å². The molecular formula is C21H27N4O3S2+. The van der Waals surface area contributed by atoms with E-state index in [1.54, 1.807) is 27.8 Å². The summed E-state index contributed by atoms with van der Waals surface area (Å²) in [6.45, 7) is 10.7. The maximum absolute atomic E-state index is 13.0. The predicted molar refractivity (Wildman–Crippen MR) is 119 cm³/mol. The zero-order chi connectivity index (χ0) is 21.6. The van der Waals surface area contributed by atoms with Crippen LogP contribution in [0.15, 0.2) is 27.9 Å². The summed E-state index contributed by atoms with van der Waals surface area (Å²) in [5, 5.41) is 0.681. The number of piperazine rings is 1. The van der Waals surface area contributed by atoms with Gasteiger partial charge in [0.1, 0.15) is 11.4 Å². The first kappa shape index (κ1) is 21.2. The van der Waals surface area contributed by atoms with E-state index < -0.39 is 10.0 Å². The number of sulfonamides is 1. The zero-order valence-corrected chi connectivity index (χ0v) is 19.3. The van der Waals surface area contributed by atoms with Crippen LogP contribution in [-0.2, 0) is 16.6 Å². The zero-order valence-electron chi connectivity index (χ0n) is 17.7. The van der Waals surface area contributed by atoms with Gasteiger partial charge in [0.25, 0.3) is 5.56 Å². The average molecular weight is 448 g/mol. The molecule has 0 radical (unpaired) electrons. The summed E-state index contributed by atoms with van der Waals surface area (Å²) < 4.78 is 27.6. The van der Waals surface area contributed by atoms with Gasteiger partial charge < -0.3 is 9.88 Å². The van der Waals surface area contributed by atoms with Crippen LogP contribution in [0.3, 0.4) is 0 Å². The fourth-order valence-electron chi connectivity index (χ4n) is 3.86. The first-order valence-corrected chi connectivity index (χ1v) is 12.3. The van der Waals surface area contributed by atoms with Crippen molar-refractivity contribution in [3.8, 4) is 0 Å². The molecule has 3 heterocycles. The van der Waals surface area contributed by atoms with Crippen LogP contribution >= 0.6 is 11.3 Å². The van der Waals surface area contributed by atoms with Gasteiger partial charge in [0.2, 0.25) is 10.0 Å². The number of nitrogens with one attached hydrogen (secondary N) is 2. The van der Waals surface area contributed by atoms with Crippen LogP contribution in [-0.4, -0.2) is 48.9 Å². The normalized spacial score (nSPS) is 16.4. The summed E-state index contributed by atoms with van der Waals surface area (Å²) >= 11 is 1.54. The molecular weight excluding hydrogens is 420 g/mol. The standard InChI is InChI=1S/C21H26N4O3S2/c1-13-5-6-17(11-14(13)2)30(27,28)25-9-7-24(8-10-25)12-18-22-20(26)19-15(3)16(4)29-21(19)23-18/h5-6,11H,7-10,12H2,1-4H3,(H,22,23,26)/p+1. The number of benzene rings is 1. The third kappa shape index (κ3) is 3.82. The molecule has 4 rings (SSSR count). The van der Waals surface area contributed by atoms with Crippen LogP contribution in [0.25, 0.3) is 10.2 Å². The van der Waals surface area contributed by atoms with Crippen molar-refractivity contribution in [3.63, 3.8) is 0 Å². The summed E-state index contributed by atoms with van der Waals surface area (Å²) in [6.07, 6.45) is 0. The van der Waals surface area contributed by atoms with E-state index in [0.29, 0.717) is 48.8 Å². The Kier molecular flexibility index (Phi) is 5.56. The van der Waals surface area contributed by atoms with Gasteiger partial charge >= 0.3 is 0 Å². The lowest BCUT2D eigenvalue weighted by Gasteiger charge is -2.31. The van der Waals surface area contributed by atoms with Gasteiger partial charge in [0.05, 0.1) is 36.5 Å². The molecule has 2 N–H and O–H groups in total. The van der Waals surface area contributed by atoms with Gasteiger partial charge in [-0.05, 0) is 56.5 Å². The van der Waals surface area contributed by atoms with Crippen LogP contribution in [0.2, 0.25) is 0 Å². The highest BCUT2D eigenvalue weighted by molar-refractivity contribution is 7.89. The number of H-pyrrole nitrogens is 1. The van der Waals surface area contributed by atoms with Crippen molar-refractivity contribution in [1.82, 2.24) is 14.3 Å². The van der Waals surface area contributed by atoms with Crippen LogP contribution in [0.5, 0.6) is 0 Å². The molecule has 160 valence electrons. The summed E-state index contributed by atoms with van der Waals surface area (Å²) in [7, 11) is -3.49. The molecule has 1 fully saturated rings. The van der Waals surface area contributed by atoms with Gasteiger partial charge in [-0.15, -0.1) is 11.3 Å². The van der Waals surface area contributed by atoms with Crippen LogP contribution < -0.4 is 10.5 Å². The number of aryl methyl sites for hydroxylation is 4. The third-order valence-electron chi connectivity index (χ3n) is 6.05. The van der Waals surface area contributed by atoms with E-state index in [0.717, 1.165) is 26.4 Å². The van der Waals surface area contributed by atoms with E-state index in [1.165, 1.54) is 4.90 Å². The molecule has 3 aromatic rings. The summed E-state index contributed by atoms with van der Waals surface area (Å²) in [5.74, 6) is 0.661. The second-order valence-electron chi connectivity index (χ2n) is 8.05. The van der Waals surface area contributed by atoms with E-state index in [-0.39, 0.29) is 5.56 Å². The minimum atomic E-state index is -3.49. The lowest BCUT2D eigenvalue weighted by atomic mass is 10.1. The molecule has 30 heavy (non-hydrogen) atoms. The van der Waals surface area contributed by atoms with Crippen molar-refractivity contribution in [3.05, 3.63) is 55.9 Å². The summed E-state index contributed by atoms with van der Waals surface area (Å²) in [5.41, 5.74) is 2.96. The number of quaternary nitrogens is 1. The highest BCUT2D eigenvalue weighted by Gasteiger charge is 2.31. The van der Waals surface area contributed by atoms with Crippen molar-refractivity contribution >= 4 is 31.6 Å². The van der Waals surface area contributed by atoms with Crippen molar-refractivity contribution in [2.45, 2.75) is 39.1 Å². The molecule has 0 unspecified atom stereocenters. The Morgan fingerprint density at radius 3 is 2.50 bits per heavy atom. The van der Waals surface area contributed by atoms with Gasteiger partial charge in [-0.3, -0.25) is 4.79 Å². The summed E-state index contributed by atoms with van der Waals surface area (Å²) in [6, 6.07) is 5.29. The minimum Gasteiger partial charge on any atom is -0.326 e. The number of aromatic amines is 1. The highest BCUT2D eigenvalue weighted by Crippen LogP contribution is 2.25. The summed E-state index contributed by atoms with van der Waals surface area (Å²) in [4.78, 5) is 23.5. The Balaban J connectivity index is 1.46. The van der Waals surface area contributed by atoms with Crippen LogP contribution in [0, 0.1) is 27.7 Å². The van der Waals surface area contributed by atoms with Crippen molar-refractivity contribution in [1.29, 1.82) is 0 Å². The largest absolute Gasteiger partial charge is 0.326 e. The molecule has 9 heteroatoms. The van der Waals surface area contributed by atoms with Crippen molar-refractivity contribution in [2.24, 2.45) is 0 Å². The molecule has 1 aliphatic rings. The Morgan fingerprint density at radius 1 is 1.13 bits per heavy atom. The maximum Gasteiger partial charge on any atom is 0.260 e. The molecule has 0 aliphatic carbocycles. The Morgan fingerprint density at radius 2 is 1.83 bits per heavy atom. The Hall–Kier alpha value is -2.07. The number of nitrogens with zero attached hydrogens (tertiary/aromatic N) is 2. The molecule has 7 nitrogen and oxygen atoms in total. The lowest BCUT2D eigenvalue weighted by Crippen LogP contribution is -3.13. The van der Waals surface area contributed by atoms with Crippen molar-refractivity contribution in [2.75, 3.05) is 26.2 Å². The Labute approximate surface area is 180 Å². The number of hydrogen-bond acceptors (Lipinski definition) is 5. The molecule has 0 bridgehead atoms. The third-order valence-corrected chi connectivity index (χ3v) is 9.05. The monoisotopic (exact) mass is 447 g/mol. The molecule has 2 aromatic heterocycles. The number of rotatable bonds is 4. The number of aromatic nitrogens is 2. The molecule has 0 amide bonds. The SMILES string of the molecule is Cc1ccc(S(=O)(=O)N2CC[NH+](Cc3nc4sc(C)c(C)c4c(=O)[nH]3)CC2)cc1C. The average Bonchev–Trinajstić information content (AvgIpc) is 2.98. The maximum atomic E-state index is 13.0. The highest BCUT2D eigenvalue weighted by atomic mass is 32.2. The first-order chi connectivity index (χ1) is 14.2. The molecule has 0 saturated carbocycles. The second-order valence-corrected chi connectivity index (χ2v) is 11.2. The second kappa shape index (κ2) is 7.88. The fraction of sp³-hybridized carbons (Fsp3) is 0.429. The van der Waals surface area contributed by atoms with Gasteiger partial charge in [0.15, 0.2) is 5.82 Å². The molecule has 1 aliphatic heterocycles. The van der Waals surface area contributed by atoms with Crippen LogP contribution in [0.4, 0.5) is 0 Å². The quantitative estimate of drug-likeness (QED) is 0.631. The first-order valence-electron chi connectivity index (χ1n) is 10.1. The van der Waals surface area contributed by atoms with E-state index >= 15 is 0 Å². The molecule has 0 atom stereocenters. The van der Waals surface area contributed by atoms with Gasteiger partial charge in [0, 0.05) is 4.88 Å². The van der Waals surface area contributed by atoms with Gasteiger partial charge in [-0.2, -0.15) is 4.31 Å². The van der Waals surface area contributed by atoms with E-state index in [1.807, 2.05) is 33.8 Å². The van der Waals surface area contributed by atoms with E-state index in [4.69, 9.17) is 0 Å². The number of hydrogen-bond donors (Lipinski definition) is 2. The predicted octanol–water partition coefficient (Wildman–Crippen LogP) is 1.31. The van der Waals surface area contributed by atoms with Gasteiger partial charge in [-0.25, -0.2) is 13.4 Å². The fourth-order valence-corrected chi connectivity index (χ4v) is 6.44. The Bertz CT molecular complexity index is 1270. The molecule has 1 aromatic carbocycles. The lowest BCUT2D eigenvalue weighted by molar-refractivity contribution is -0.917. The van der Waals surface area contributed by atoms with E-state index in [2.05, 4.69) is 9.97 Å². The van der Waals surface area contributed by atoms with Crippen molar-refractivity contribution < 1.29 is 13.3 Å². The molecule has 0 spiro atoms. The smallest absolute Gasteiger partial charge is 0.260 e. The topological polar surface area (TPSA) is 87.6 Å². The number of fused-ring (bicyclic) bond motifs is 1. The number of thiophene rings is 1. The van der Waals surface area contributed by atoms with Crippen LogP contribution in [0.1, 0.15) is 27.4 Å². The minimum absolute atomic E-state index is 0.0906.